The van der Waals surface area contributed by atoms with E-state index in [2.05, 4.69) is 26.9 Å². The minimum Gasteiger partial charge on any atom is -0.298 e. The molecule has 10 atom stereocenters. The Hall–Kier alpha value is 0.230. The maximum absolute atomic E-state index is 4.53. The van der Waals surface area contributed by atoms with Crippen molar-refractivity contribution in [2.45, 2.75) is 213 Å². The SMILES string of the molecule is C1CCC(N(C2CCCCC2)C2CCC3C(C2)SC2CCCCC2N3C2NC3CCCCC3C3CCCCC32)CC1. The lowest BCUT2D eigenvalue weighted by Crippen LogP contribution is -2.72. The largest absolute Gasteiger partial charge is 0.298 e. The number of rotatable bonds is 4. The van der Waals surface area contributed by atoms with E-state index in [-0.39, 0.29) is 0 Å². The Bertz CT molecular complexity index is 835. The minimum atomic E-state index is 0.697. The maximum atomic E-state index is 4.53. The van der Waals surface area contributed by atoms with Crippen molar-refractivity contribution in [1.82, 2.24) is 15.1 Å². The van der Waals surface area contributed by atoms with Crippen LogP contribution in [0, 0.1) is 17.8 Å². The number of fused-ring (bicyclic) bond motifs is 5. The molecule has 8 aliphatic rings. The number of nitrogens with zero attached hydrogens (tertiary/aromatic N) is 2. The Morgan fingerprint density at radius 2 is 1.05 bits per heavy atom. The highest BCUT2D eigenvalue weighted by atomic mass is 32.2. The molecule has 2 saturated heterocycles. The lowest BCUT2D eigenvalue weighted by atomic mass is 9.62. The molecule has 0 aromatic heterocycles. The summed E-state index contributed by atoms with van der Waals surface area (Å²) in [5.74, 6) is 2.96. The van der Waals surface area contributed by atoms with Gasteiger partial charge in [0.15, 0.2) is 0 Å². The highest BCUT2D eigenvalue weighted by Crippen LogP contribution is 2.53. The number of piperidine rings is 1. The van der Waals surface area contributed by atoms with Gasteiger partial charge in [-0.15, -0.1) is 0 Å². The molecule has 1 N–H and O–H groups in total. The molecule has 4 heteroatoms. The third-order valence-corrected chi connectivity index (χ3v) is 16.0. The molecular weight excluding hydrogens is 518 g/mol. The van der Waals surface area contributed by atoms with Gasteiger partial charge in [-0.25, -0.2) is 0 Å². The number of hydrogen-bond acceptors (Lipinski definition) is 4. The van der Waals surface area contributed by atoms with Gasteiger partial charge in [-0.3, -0.25) is 15.1 Å². The Kier molecular flexibility index (Phi) is 9.04. The first kappa shape index (κ1) is 28.7. The van der Waals surface area contributed by atoms with Gasteiger partial charge in [-0.1, -0.05) is 77.0 Å². The second-order valence-electron chi connectivity index (χ2n) is 16.4. The minimum absolute atomic E-state index is 0.697. The summed E-state index contributed by atoms with van der Waals surface area (Å²) < 4.78 is 0. The van der Waals surface area contributed by atoms with Gasteiger partial charge in [0.2, 0.25) is 0 Å². The molecule has 0 bridgehead atoms. The van der Waals surface area contributed by atoms with Crippen molar-refractivity contribution >= 4 is 11.8 Å². The van der Waals surface area contributed by atoms with Crippen LogP contribution in [0.1, 0.15) is 161 Å². The van der Waals surface area contributed by atoms with Crippen LogP contribution < -0.4 is 5.32 Å². The number of thioether (sulfide) groups is 1. The predicted octanol–water partition coefficient (Wildman–Crippen LogP) is 8.90. The lowest BCUT2D eigenvalue weighted by Gasteiger charge is -2.62. The van der Waals surface area contributed by atoms with E-state index in [4.69, 9.17) is 0 Å². The molecule has 0 aromatic rings. The molecule has 6 aliphatic carbocycles. The molecule has 8 fully saturated rings. The number of nitrogens with one attached hydrogen (secondary N) is 1. The van der Waals surface area contributed by atoms with E-state index in [1.54, 1.807) is 6.42 Å². The van der Waals surface area contributed by atoms with Crippen molar-refractivity contribution in [2.75, 3.05) is 0 Å². The summed E-state index contributed by atoms with van der Waals surface area (Å²) in [5, 5.41) is 6.33. The van der Waals surface area contributed by atoms with E-state index in [0.29, 0.717) is 6.17 Å². The highest BCUT2D eigenvalue weighted by molar-refractivity contribution is 8.00. The second-order valence-corrected chi connectivity index (χ2v) is 17.8. The topological polar surface area (TPSA) is 18.5 Å². The Morgan fingerprint density at radius 1 is 0.463 bits per heavy atom. The smallest absolute Gasteiger partial charge is 0.0636 e. The van der Waals surface area contributed by atoms with Crippen molar-refractivity contribution in [1.29, 1.82) is 0 Å². The Morgan fingerprint density at radius 3 is 1.80 bits per heavy atom. The molecule has 41 heavy (non-hydrogen) atoms. The summed E-state index contributed by atoms with van der Waals surface area (Å²) in [5.41, 5.74) is 0. The molecule has 0 spiro atoms. The third-order valence-electron chi connectivity index (χ3n) is 14.3. The van der Waals surface area contributed by atoms with E-state index in [9.17, 15) is 0 Å². The summed E-state index contributed by atoms with van der Waals surface area (Å²) >= 11 is 2.54. The first-order valence-corrected chi connectivity index (χ1v) is 20.3. The lowest BCUT2D eigenvalue weighted by molar-refractivity contribution is -0.0893. The van der Waals surface area contributed by atoms with Crippen molar-refractivity contribution in [2.24, 2.45) is 17.8 Å². The average molecular weight is 582 g/mol. The van der Waals surface area contributed by atoms with Gasteiger partial charge in [0.25, 0.3) is 0 Å². The van der Waals surface area contributed by atoms with Gasteiger partial charge in [-0.05, 0) is 101 Å². The van der Waals surface area contributed by atoms with Crippen molar-refractivity contribution in [3.63, 3.8) is 0 Å². The standard InChI is InChI=1S/C37H63N3S/c1-3-13-26(14-4-1)39(27-15-5-2-6-16-27)28-23-24-34-36(25-28)41-35-22-12-11-21-33(35)40(34)37-31-19-8-7-17-29(31)30-18-9-10-20-32(30)38-37/h26-38H,1-25H2. The zero-order chi connectivity index (χ0) is 27.2. The van der Waals surface area contributed by atoms with Gasteiger partial charge in [-0.2, -0.15) is 11.8 Å². The monoisotopic (exact) mass is 581 g/mol. The number of hydrogen-bond donors (Lipinski definition) is 1. The molecule has 0 radical (unpaired) electrons. The van der Waals surface area contributed by atoms with E-state index >= 15 is 0 Å². The summed E-state index contributed by atoms with van der Waals surface area (Å²) in [7, 11) is 0. The fourth-order valence-corrected chi connectivity index (χ4v) is 14.6. The molecule has 6 saturated carbocycles. The van der Waals surface area contributed by atoms with Crippen LogP contribution in [-0.4, -0.2) is 62.7 Å². The van der Waals surface area contributed by atoms with E-state index in [0.717, 1.165) is 64.5 Å². The van der Waals surface area contributed by atoms with E-state index in [1.165, 1.54) is 154 Å². The van der Waals surface area contributed by atoms with Crippen LogP contribution in [-0.2, 0) is 0 Å². The molecule has 2 heterocycles. The average Bonchev–Trinajstić information content (AvgIpc) is 3.04. The van der Waals surface area contributed by atoms with Gasteiger partial charge in [0.1, 0.15) is 0 Å². The zero-order valence-electron chi connectivity index (χ0n) is 26.4. The van der Waals surface area contributed by atoms with Crippen LogP contribution in [0.25, 0.3) is 0 Å². The van der Waals surface area contributed by atoms with Crippen molar-refractivity contribution in [3.05, 3.63) is 0 Å². The van der Waals surface area contributed by atoms with E-state index in [1.807, 2.05) is 0 Å². The molecule has 0 amide bonds. The van der Waals surface area contributed by atoms with Gasteiger partial charge in [0, 0.05) is 46.8 Å². The van der Waals surface area contributed by atoms with Crippen LogP contribution >= 0.6 is 11.8 Å². The fourth-order valence-electron chi connectivity index (χ4n) is 12.6. The Labute approximate surface area is 257 Å². The summed E-state index contributed by atoms with van der Waals surface area (Å²) in [6.45, 7) is 0. The first-order chi connectivity index (χ1) is 20.3. The van der Waals surface area contributed by atoms with Crippen LogP contribution in [0.2, 0.25) is 0 Å². The van der Waals surface area contributed by atoms with E-state index < -0.39 is 0 Å². The summed E-state index contributed by atoms with van der Waals surface area (Å²) in [6, 6.07) is 5.22. The fraction of sp³-hybridized carbons (Fsp3) is 1.00. The molecule has 10 unspecified atom stereocenters. The van der Waals surface area contributed by atoms with Gasteiger partial charge >= 0.3 is 0 Å². The summed E-state index contributed by atoms with van der Waals surface area (Å²) in [4.78, 5) is 6.55. The normalized spacial score (nSPS) is 46.8. The van der Waals surface area contributed by atoms with Gasteiger partial charge in [0.05, 0.1) is 6.17 Å². The second kappa shape index (κ2) is 12.9. The van der Waals surface area contributed by atoms with Crippen LogP contribution in [0.15, 0.2) is 0 Å². The van der Waals surface area contributed by atoms with Crippen molar-refractivity contribution in [3.8, 4) is 0 Å². The molecule has 3 nitrogen and oxygen atoms in total. The first-order valence-electron chi connectivity index (χ1n) is 19.3. The van der Waals surface area contributed by atoms with Crippen LogP contribution in [0.5, 0.6) is 0 Å². The maximum Gasteiger partial charge on any atom is 0.0636 e. The molecular formula is C37H63N3S. The molecule has 0 aromatic carbocycles. The summed E-state index contributed by atoms with van der Waals surface area (Å²) in [6.07, 6.45) is 38.2. The highest BCUT2D eigenvalue weighted by Gasteiger charge is 2.55. The zero-order valence-corrected chi connectivity index (χ0v) is 27.2. The van der Waals surface area contributed by atoms with Crippen molar-refractivity contribution < 1.29 is 0 Å². The van der Waals surface area contributed by atoms with Crippen LogP contribution in [0.4, 0.5) is 0 Å². The Balaban J connectivity index is 1.07. The molecule has 2 aliphatic heterocycles. The third kappa shape index (κ3) is 5.63. The van der Waals surface area contributed by atoms with Gasteiger partial charge < -0.3 is 0 Å². The molecule has 8 rings (SSSR count). The quantitative estimate of drug-likeness (QED) is 0.357. The predicted molar refractivity (Wildman–Crippen MR) is 174 cm³/mol. The van der Waals surface area contributed by atoms with Crippen LogP contribution in [0.3, 0.4) is 0 Å². The molecule has 232 valence electrons.